The Morgan fingerprint density at radius 3 is 0.860 bits per heavy atom. The third kappa shape index (κ3) is 6.90. The van der Waals surface area contributed by atoms with Crippen molar-refractivity contribution in [2.75, 3.05) is 9.80 Å². The Hall–Kier alpha value is -7.08. The average Bonchev–Trinajstić information content (AvgIpc) is 3.53. The van der Waals surface area contributed by atoms with E-state index in [1.165, 1.54) is 32.7 Å². The summed E-state index contributed by atoms with van der Waals surface area (Å²) in [7, 11) is -2.47. The second-order valence-electron chi connectivity index (χ2n) is 14.7. The molecule has 5 heteroatoms. The topological polar surface area (TPSA) is 32.3 Å². The van der Waals surface area contributed by atoms with Gasteiger partial charge in [-0.05, 0) is 117 Å². The quantitative estimate of drug-likeness (QED) is 0.130. The van der Waals surface area contributed by atoms with Crippen LogP contribution in [0.4, 0.5) is 34.4 Å². The van der Waals surface area contributed by atoms with E-state index in [9.17, 15) is 0 Å². The van der Waals surface area contributed by atoms with Crippen LogP contribution in [0.5, 0.6) is 0 Å². The van der Waals surface area contributed by atoms with Gasteiger partial charge in [-0.25, -0.2) is 9.97 Å². The third-order valence-corrected chi connectivity index (χ3v) is 14.3. The van der Waals surface area contributed by atoms with Crippen LogP contribution in [0.25, 0.3) is 21.5 Å². The standard InChI is InChI=1S/C52H42N4Si/c1-57(2)51(41-33-35-47(53-37-41)55(43-25-13-5-14-26-43)44-27-15-6-16-28-44)49(39-21-9-3-10-22-39)50(40-23-11-4-12-24-40)52(57)42-34-36-48(54-38-42)56(45-29-17-7-18-30-45)46-31-19-8-20-32-46/h3-38H,1-2H3. The summed E-state index contributed by atoms with van der Waals surface area (Å²) in [5.41, 5.74) is 11.5. The summed E-state index contributed by atoms with van der Waals surface area (Å²) in [6.45, 7) is 4.97. The van der Waals surface area contributed by atoms with E-state index in [1.54, 1.807) is 0 Å². The SMILES string of the molecule is C[Si]1(C)C(c2ccc(N(c3ccccc3)c3ccccc3)nc2)=C(c2ccccc2)C(c2ccccc2)=C1c1ccc(N(c2ccccc2)c2ccccc2)nc1. The van der Waals surface area contributed by atoms with Crippen molar-refractivity contribution in [3.05, 3.63) is 241 Å². The van der Waals surface area contributed by atoms with E-state index in [-0.39, 0.29) is 0 Å². The van der Waals surface area contributed by atoms with E-state index in [0.717, 1.165) is 45.5 Å². The van der Waals surface area contributed by atoms with Crippen molar-refractivity contribution >= 4 is 64.0 Å². The van der Waals surface area contributed by atoms with Crippen LogP contribution in [0, 0.1) is 0 Å². The van der Waals surface area contributed by atoms with Gasteiger partial charge in [0.1, 0.15) is 19.7 Å². The van der Waals surface area contributed by atoms with Gasteiger partial charge in [0.25, 0.3) is 0 Å². The molecule has 0 atom stereocenters. The molecule has 0 bridgehead atoms. The van der Waals surface area contributed by atoms with Crippen LogP contribution in [0.2, 0.25) is 13.1 Å². The number of para-hydroxylation sites is 4. The summed E-state index contributed by atoms with van der Waals surface area (Å²) < 4.78 is 0. The van der Waals surface area contributed by atoms with E-state index in [2.05, 4.69) is 217 Å². The molecule has 1 aliphatic heterocycles. The first kappa shape index (κ1) is 35.6. The van der Waals surface area contributed by atoms with Crippen LogP contribution in [0.3, 0.4) is 0 Å². The number of nitrogens with zero attached hydrogens (tertiary/aromatic N) is 4. The third-order valence-electron chi connectivity index (χ3n) is 10.7. The largest absolute Gasteiger partial charge is 0.295 e. The fraction of sp³-hybridized carbons (Fsp3) is 0.0385. The molecule has 0 saturated heterocycles. The number of pyridine rings is 2. The Kier molecular flexibility index (Phi) is 9.73. The molecule has 0 radical (unpaired) electrons. The van der Waals surface area contributed by atoms with E-state index in [4.69, 9.17) is 9.97 Å². The first-order valence-electron chi connectivity index (χ1n) is 19.4. The number of rotatable bonds is 10. The van der Waals surface area contributed by atoms with Crippen LogP contribution in [0.15, 0.2) is 219 Å². The van der Waals surface area contributed by atoms with Gasteiger partial charge in [0, 0.05) is 35.1 Å². The molecule has 0 N–H and O–H groups in total. The van der Waals surface area contributed by atoms with Crippen molar-refractivity contribution in [3.8, 4) is 0 Å². The Labute approximate surface area is 336 Å². The van der Waals surface area contributed by atoms with Crippen LogP contribution in [-0.4, -0.2) is 18.0 Å². The van der Waals surface area contributed by atoms with Gasteiger partial charge in [-0.1, -0.05) is 147 Å². The minimum Gasteiger partial charge on any atom is -0.295 e. The maximum absolute atomic E-state index is 5.23. The second-order valence-corrected chi connectivity index (χ2v) is 18.9. The van der Waals surface area contributed by atoms with Gasteiger partial charge >= 0.3 is 0 Å². The van der Waals surface area contributed by atoms with Gasteiger partial charge in [-0.3, -0.25) is 9.80 Å². The zero-order valence-electron chi connectivity index (χ0n) is 32.1. The molecule has 8 aromatic rings. The predicted molar refractivity (Wildman–Crippen MR) is 242 cm³/mol. The Morgan fingerprint density at radius 1 is 0.316 bits per heavy atom. The lowest BCUT2D eigenvalue weighted by molar-refractivity contribution is 1.17. The van der Waals surface area contributed by atoms with E-state index < -0.39 is 8.07 Å². The molecule has 0 aliphatic carbocycles. The molecule has 274 valence electrons. The van der Waals surface area contributed by atoms with Crippen LogP contribution in [0.1, 0.15) is 22.3 Å². The molecule has 4 nitrogen and oxygen atoms in total. The highest BCUT2D eigenvalue weighted by molar-refractivity contribution is 7.13. The highest BCUT2D eigenvalue weighted by atomic mass is 28.3. The lowest BCUT2D eigenvalue weighted by atomic mass is 9.89. The fourth-order valence-corrected chi connectivity index (χ4v) is 12.0. The summed E-state index contributed by atoms with van der Waals surface area (Å²) >= 11 is 0. The first-order valence-corrected chi connectivity index (χ1v) is 22.4. The van der Waals surface area contributed by atoms with Gasteiger partial charge in [0.05, 0.1) is 0 Å². The van der Waals surface area contributed by atoms with Crippen molar-refractivity contribution in [3.63, 3.8) is 0 Å². The average molecular weight is 751 g/mol. The van der Waals surface area contributed by atoms with Crippen molar-refractivity contribution in [2.45, 2.75) is 13.1 Å². The molecule has 1 aliphatic rings. The van der Waals surface area contributed by atoms with Gasteiger partial charge in [0.15, 0.2) is 0 Å². The molecule has 0 fully saturated rings. The first-order chi connectivity index (χ1) is 28.1. The number of anilines is 6. The summed E-state index contributed by atoms with van der Waals surface area (Å²) in [5, 5.41) is 2.73. The lowest BCUT2D eigenvalue weighted by Crippen LogP contribution is -2.29. The maximum Gasteiger partial charge on any atom is 0.137 e. The van der Waals surface area contributed by atoms with Crippen molar-refractivity contribution in [2.24, 2.45) is 0 Å². The zero-order chi connectivity index (χ0) is 38.6. The summed E-state index contributed by atoms with van der Waals surface area (Å²) in [5.74, 6) is 1.74. The molecule has 0 saturated carbocycles. The van der Waals surface area contributed by atoms with E-state index >= 15 is 0 Å². The maximum atomic E-state index is 5.23. The molecule has 0 amide bonds. The van der Waals surface area contributed by atoms with Gasteiger partial charge in [-0.2, -0.15) is 0 Å². The van der Waals surface area contributed by atoms with Crippen molar-refractivity contribution < 1.29 is 0 Å². The molecule has 6 aromatic carbocycles. The highest BCUT2D eigenvalue weighted by Gasteiger charge is 2.44. The summed E-state index contributed by atoms with van der Waals surface area (Å²) in [6.07, 6.45) is 4.18. The normalized spacial score (nSPS) is 13.4. The van der Waals surface area contributed by atoms with E-state index in [0.29, 0.717) is 0 Å². The van der Waals surface area contributed by atoms with Crippen molar-refractivity contribution in [1.82, 2.24) is 9.97 Å². The Balaban J connectivity index is 1.20. The lowest BCUT2D eigenvalue weighted by Gasteiger charge is -2.28. The fourth-order valence-electron chi connectivity index (χ4n) is 8.27. The number of hydrogen-bond donors (Lipinski definition) is 0. The Morgan fingerprint density at radius 2 is 0.596 bits per heavy atom. The van der Waals surface area contributed by atoms with E-state index in [1.807, 2.05) is 24.3 Å². The second kappa shape index (κ2) is 15.6. The van der Waals surface area contributed by atoms with Gasteiger partial charge < -0.3 is 0 Å². The highest BCUT2D eigenvalue weighted by Crippen LogP contribution is 2.55. The smallest absolute Gasteiger partial charge is 0.137 e. The molecule has 0 spiro atoms. The molecular weight excluding hydrogens is 709 g/mol. The van der Waals surface area contributed by atoms with Gasteiger partial charge in [0.2, 0.25) is 0 Å². The number of aromatic nitrogens is 2. The summed E-state index contributed by atoms with van der Waals surface area (Å²) in [4.78, 5) is 14.9. The summed E-state index contributed by atoms with van der Waals surface area (Å²) in [6, 6.07) is 72.5. The van der Waals surface area contributed by atoms with Crippen LogP contribution in [-0.2, 0) is 0 Å². The minimum atomic E-state index is -2.47. The van der Waals surface area contributed by atoms with Crippen molar-refractivity contribution in [1.29, 1.82) is 0 Å². The molecule has 2 aromatic heterocycles. The Bertz CT molecular complexity index is 2380. The molecule has 9 rings (SSSR count). The van der Waals surface area contributed by atoms with Gasteiger partial charge in [-0.15, -0.1) is 0 Å². The predicted octanol–water partition coefficient (Wildman–Crippen LogP) is 13.7. The van der Waals surface area contributed by atoms with Crippen LogP contribution < -0.4 is 9.80 Å². The molecule has 0 unspecified atom stereocenters. The molecule has 57 heavy (non-hydrogen) atoms. The van der Waals surface area contributed by atoms with Crippen LogP contribution >= 0.6 is 0 Å². The minimum absolute atomic E-state index is 0.869. The number of benzene rings is 6. The number of hydrogen-bond acceptors (Lipinski definition) is 4. The molecular formula is C52H42N4Si. The monoisotopic (exact) mass is 750 g/mol. The number of allylic oxidation sites excluding steroid dienone is 2. The zero-order valence-corrected chi connectivity index (χ0v) is 33.1. The molecule has 3 heterocycles.